The molecule has 3 aromatic rings. The highest BCUT2D eigenvalue weighted by Crippen LogP contribution is 2.29. The van der Waals surface area contributed by atoms with Gasteiger partial charge in [0.1, 0.15) is 5.69 Å². The number of esters is 1. The molecule has 0 atom stereocenters. The summed E-state index contributed by atoms with van der Waals surface area (Å²) >= 11 is 0. The van der Waals surface area contributed by atoms with Gasteiger partial charge in [0, 0.05) is 36.3 Å². The van der Waals surface area contributed by atoms with Crippen molar-refractivity contribution in [2.45, 2.75) is 32.9 Å². The number of nitrogens with one attached hydrogen (secondary N) is 1. The molecule has 0 saturated heterocycles. The average Bonchev–Trinajstić information content (AvgIpc) is 2.72. The van der Waals surface area contributed by atoms with Gasteiger partial charge in [0.2, 0.25) is 5.95 Å². The van der Waals surface area contributed by atoms with Crippen LogP contribution in [0.2, 0.25) is 0 Å². The van der Waals surface area contributed by atoms with Crippen molar-refractivity contribution < 1.29 is 22.7 Å². The lowest BCUT2D eigenvalue weighted by molar-refractivity contribution is -0.143. The van der Waals surface area contributed by atoms with Gasteiger partial charge in [-0.15, -0.1) is 0 Å². The standard InChI is InChI=1S/C22H21F3N4O2/c1-3-31-20(30)5-4-15-10-17(13-26-12-15)16-8-14(2)9-18(11-16)28-21-27-7-6-19(29-21)22(23,24)25/h6-13H,3-5H2,1-2H3,(H,27,28,29). The number of hydrogen-bond acceptors (Lipinski definition) is 6. The maximum atomic E-state index is 12.9. The molecule has 0 spiro atoms. The van der Waals surface area contributed by atoms with Gasteiger partial charge < -0.3 is 10.1 Å². The lowest BCUT2D eigenvalue weighted by Gasteiger charge is -2.11. The van der Waals surface area contributed by atoms with E-state index in [1.165, 1.54) is 0 Å². The number of carbonyl (C=O) groups is 1. The van der Waals surface area contributed by atoms with Crippen LogP contribution in [0, 0.1) is 6.92 Å². The van der Waals surface area contributed by atoms with Crippen LogP contribution < -0.4 is 5.32 Å². The fourth-order valence-corrected chi connectivity index (χ4v) is 2.99. The molecule has 0 fully saturated rings. The Labute approximate surface area is 177 Å². The van der Waals surface area contributed by atoms with E-state index < -0.39 is 11.9 Å². The molecule has 9 heteroatoms. The molecule has 0 amide bonds. The minimum atomic E-state index is -4.55. The summed E-state index contributed by atoms with van der Waals surface area (Å²) in [6, 6.07) is 8.24. The van der Waals surface area contributed by atoms with Gasteiger partial charge in [0.05, 0.1) is 6.61 Å². The van der Waals surface area contributed by atoms with Gasteiger partial charge in [-0.05, 0) is 61.2 Å². The van der Waals surface area contributed by atoms with Crippen LogP contribution in [-0.2, 0) is 22.1 Å². The predicted octanol–water partition coefficient (Wildman–Crippen LogP) is 5.11. The van der Waals surface area contributed by atoms with Crippen molar-refractivity contribution in [3.8, 4) is 11.1 Å². The van der Waals surface area contributed by atoms with Gasteiger partial charge in [-0.3, -0.25) is 9.78 Å². The number of rotatable bonds is 7. The Bertz CT molecular complexity index is 1070. The minimum Gasteiger partial charge on any atom is -0.466 e. The first-order valence-electron chi connectivity index (χ1n) is 9.63. The van der Waals surface area contributed by atoms with Crippen LogP contribution in [0.3, 0.4) is 0 Å². The van der Waals surface area contributed by atoms with Gasteiger partial charge in [-0.2, -0.15) is 13.2 Å². The molecule has 3 rings (SSSR count). The molecule has 1 aromatic carbocycles. The summed E-state index contributed by atoms with van der Waals surface area (Å²) in [7, 11) is 0. The van der Waals surface area contributed by atoms with Gasteiger partial charge >= 0.3 is 12.1 Å². The number of ether oxygens (including phenoxy) is 1. The van der Waals surface area contributed by atoms with E-state index in [0.717, 1.165) is 34.5 Å². The summed E-state index contributed by atoms with van der Waals surface area (Å²) in [5.41, 5.74) is 2.94. The van der Waals surface area contributed by atoms with Crippen molar-refractivity contribution in [3.05, 3.63) is 65.7 Å². The van der Waals surface area contributed by atoms with E-state index in [1.54, 1.807) is 31.5 Å². The third-order valence-corrected chi connectivity index (χ3v) is 4.33. The van der Waals surface area contributed by atoms with E-state index >= 15 is 0 Å². The predicted molar refractivity (Wildman–Crippen MR) is 110 cm³/mol. The van der Waals surface area contributed by atoms with Crippen molar-refractivity contribution in [2.24, 2.45) is 0 Å². The molecule has 31 heavy (non-hydrogen) atoms. The Kier molecular flexibility index (Phi) is 6.84. The highest BCUT2D eigenvalue weighted by Gasteiger charge is 2.32. The van der Waals surface area contributed by atoms with Crippen LogP contribution in [0.15, 0.2) is 48.9 Å². The average molecular weight is 430 g/mol. The third kappa shape index (κ3) is 6.24. The van der Waals surface area contributed by atoms with Crippen LogP contribution in [-0.4, -0.2) is 27.5 Å². The molecule has 0 unspecified atom stereocenters. The fraction of sp³-hybridized carbons (Fsp3) is 0.273. The maximum absolute atomic E-state index is 12.9. The molecule has 162 valence electrons. The van der Waals surface area contributed by atoms with Crippen LogP contribution in [0.5, 0.6) is 0 Å². The normalized spacial score (nSPS) is 11.3. The third-order valence-electron chi connectivity index (χ3n) is 4.33. The lowest BCUT2D eigenvalue weighted by atomic mass is 10.0. The number of benzene rings is 1. The number of pyridine rings is 1. The molecule has 0 aliphatic rings. The molecule has 0 aliphatic carbocycles. The zero-order chi connectivity index (χ0) is 22.4. The van der Waals surface area contributed by atoms with Gasteiger partial charge in [0.15, 0.2) is 0 Å². The molecular formula is C22H21F3N4O2. The van der Waals surface area contributed by atoms with Gasteiger partial charge in [-0.1, -0.05) is 6.07 Å². The Morgan fingerprint density at radius 2 is 1.94 bits per heavy atom. The van der Waals surface area contributed by atoms with E-state index in [0.29, 0.717) is 18.7 Å². The molecule has 6 nitrogen and oxygen atoms in total. The summed E-state index contributed by atoms with van der Waals surface area (Å²) in [4.78, 5) is 23.2. The largest absolute Gasteiger partial charge is 0.466 e. The second-order valence-corrected chi connectivity index (χ2v) is 6.86. The van der Waals surface area contributed by atoms with E-state index in [9.17, 15) is 18.0 Å². The second-order valence-electron chi connectivity index (χ2n) is 6.86. The van der Waals surface area contributed by atoms with E-state index in [2.05, 4.69) is 20.3 Å². The molecule has 0 radical (unpaired) electrons. The van der Waals surface area contributed by atoms with Crippen molar-refractivity contribution >= 4 is 17.6 Å². The van der Waals surface area contributed by atoms with E-state index in [1.807, 2.05) is 19.1 Å². The quantitative estimate of drug-likeness (QED) is 0.525. The van der Waals surface area contributed by atoms with Gasteiger partial charge in [0.25, 0.3) is 0 Å². The van der Waals surface area contributed by atoms with Crippen molar-refractivity contribution in [3.63, 3.8) is 0 Å². The molecule has 0 aliphatic heterocycles. The summed E-state index contributed by atoms with van der Waals surface area (Å²) in [5.74, 6) is -0.413. The number of carbonyl (C=O) groups excluding carboxylic acids is 1. The Morgan fingerprint density at radius 3 is 2.68 bits per heavy atom. The molecule has 0 saturated carbocycles. The lowest BCUT2D eigenvalue weighted by Crippen LogP contribution is -2.10. The highest BCUT2D eigenvalue weighted by atomic mass is 19.4. The Balaban J connectivity index is 1.82. The molecule has 0 bridgehead atoms. The number of aromatic nitrogens is 3. The number of hydrogen-bond donors (Lipinski definition) is 1. The number of aryl methyl sites for hydroxylation is 2. The first kappa shape index (κ1) is 22.2. The molecule has 1 N–H and O–H groups in total. The molecule has 2 heterocycles. The Hall–Kier alpha value is -3.49. The fourth-order valence-electron chi connectivity index (χ4n) is 2.99. The number of halogens is 3. The summed E-state index contributed by atoms with van der Waals surface area (Å²) in [6.07, 6.45) is 0.640. The van der Waals surface area contributed by atoms with Gasteiger partial charge in [-0.25, -0.2) is 9.97 Å². The minimum absolute atomic E-state index is 0.146. The number of anilines is 2. The number of nitrogens with zero attached hydrogens (tertiary/aromatic N) is 3. The van der Waals surface area contributed by atoms with E-state index in [4.69, 9.17) is 4.74 Å². The van der Waals surface area contributed by atoms with E-state index in [-0.39, 0.29) is 18.3 Å². The van der Waals surface area contributed by atoms with Crippen molar-refractivity contribution in [1.82, 2.24) is 15.0 Å². The summed E-state index contributed by atoms with van der Waals surface area (Å²) in [5, 5.41) is 2.83. The first-order valence-corrected chi connectivity index (χ1v) is 9.63. The first-order chi connectivity index (χ1) is 14.7. The molecule has 2 aromatic heterocycles. The smallest absolute Gasteiger partial charge is 0.433 e. The highest BCUT2D eigenvalue weighted by molar-refractivity contribution is 5.72. The van der Waals surface area contributed by atoms with Crippen LogP contribution in [0.1, 0.15) is 30.2 Å². The zero-order valence-corrected chi connectivity index (χ0v) is 17.0. The van der Waals surface area contributed by atoms with Crippen LogP contribution in [0.4, 0.5) is 24.8 Å². The zero-order valence-electron chi connectivity index (χ0n) is 17.0. The van der Waals surface area contributed by atoms with Crippen molar-refractivity contribution in [2.75, 3.05) is 11.9 Å². The monoisotopic (exact) mass is 430 g/mol. The maximum Gasteiger partial charge on any atom is 0.433 e. The Morgan fingerprint density at radius 1 is 1.13 bits per heavy atom. The summed E-state index contributed by atoms with van der Waals surface area (Å²) in [6.45, 7) is 3.97. The van der Waals surface area contributed by atoms with Crippen LogP contribution in [0.25, 0.3) is 11.1 Å². The summed E-state index contributed by atoms with van der Waals surface area (Å²) < 4.78 is 43.6. The number of alkyl halides is 3. The topological polar surface area (TPSA) is 77.0 Å². The van der Waals surface area contributed by atoms with Crippen LogP contribution >= 0.6 is 0 Å². The second kappa shape index (κ2) is 9.55. The molecular weight excluding hydrogens is 409 g/mol. The SMILES string of the molecule is CCOC(=O)CCc1cncc(-c2cc(C)cc(Nc3nccc(C(F)(F)F)n3)c2)c1. The van der Waals surface area contributed by atoms with Crippen molar-refractivity contribution in [1.29, 1.82) is 0 Å².